The number of aryl methyl sites for hydroxylation is 2. The summed E-state index contributed by atoms with van der Waals surface area (Å²) >= 11 is 0. The molecule has 5 rings (SSSR count). The summed E-state index contributed by atoms with van der Waals surface area (Å²) in [6.07, 6.45) is 7.02. The molecule has 0 amide bonds. The van der Waals surface area contributed by atoms with Gasteiger partial charge in [0, 0.05) is 25.0 Å². The van der Waals surface area contributed by atoms with Crippen LogP contribution in [0.2, 0.25) is 0 Å². The molecule has 1 heteroatoms. The van der Waals surface area contributed by atoms with E-state index in [0.29, 0.717) is 0 Å². The monoisotopic (exact) mass is 544 g/mol. The molecule has 0 radical (unpaired) electrons. The van der Waals surface area contributed by atoms with Gasteiger partial charge in [-0.15, -0.1) is 0 Å². The van der Waals surface area contributed by atoms with Crippen molar-refractivity contribution in [3.8, 4) is 33.5 Å². The Labute approximate surface area is 249 Å². The maximum atomic E-state index is 2.69. The number of nitrogens with zero attached hydrogens (tertiary/aromatic N) is 1. The summed E-state index contributed by atoms with van der Waals surface area (Å²) in [5.41, 5.74) is 15.2. The van der Waals surface area contributed by atoms with Crippen LogP contribution in [-0.2, 0) is 16.4 Å². The average molecular weight is 545 g/mol. The first-order valence-corrected chi connectivity index (χ1v) is 15.8. The van der Waals surface area contributed by atoms with Gasteiger partial charge in [-0.3, -0.25) is 0 Å². The Morgan fingerprint density at radius 3 is 2.07 bits per heavy atom. The van der Waals surface area contributed by atoms with Crippen molar-refractivity contribution in [3.63, 3.8) is 0 Å². The van der Waals surface area contributed by atoms with E-state index in [1.165, 1.54) is 74.2 Å². The Hall–Kier alpha value is -3.19. The van der Waals surface area contributed by atoms with Crippen molar-refractivity contribution in [3.05, 3.63) is 101 Å². The molecule has 1 aromatic heterocycles. The summed E-state index contributed by atoms with van der Waals surface area (Å²) in [4.78, 5) is 0. The van der Waals surface area contributed by atoms with Gasteiger partial charge >= 0.3 is 0 Å². The van der Waals surface area contributed by atoms with Crippen LogP contribution < -0.4 is 4.57 Å². The predicted octanol–water partition coefficient (Wildman–Crippen LogP) is 10.8. The quantitative estimate of drug-likeness (QED) is 0.213. The molecule has 3 aromatic carbocycles. The van der Waals surface area contributed by atoms with E-state index in [2.05, 4.69) is 147 Å². The molecule has 1 nitrogen and oxygen atoms in total. The molecule has 0 N–H and O–H groups in total. The van der Waals surface area contributed by atoms with Gasteiger partial charge in [-0.1, -0.05) is 102 Å². The molecule has 0 saturated heterocycles. The highest BCUT2D eigenvalue weighted by Crippen LogP contribution is 2.53. The third-order valence-corrected chi connectivity index (χ3v) is 10.4. The molecule has 214 valence electrons. The van der Waals surface area contributed by atoms with E-state index >= 15 is 0 Å². The zero-order valence-electron chi connectivity index (χ0n) is 27.2. The fraction of sp³-hybridized carbons (Fsp3) is 0.425. The van der Waals surface area contributed by atoms with Gasteiger partial charge in [0.2, 0.25) is 5.69 Å². The second kappa shape index (κ2) is 10.6. The van der Waals surface area contributed by atoms with Gasteiger partial charge < -0.3 is 0 Å². The van der Waals surface area contributed by atoms with Crippen LogP contribution >= 0.6 is 0 Å². The van der Waals surface area contributed by atoms with Crippen LogP contribution in [0.25, 0.3) is 33.5 Å². The largest absolute Gasteiger partial charge is 0.213 e. The van der Waals surface area contributed by atoms with Crippen molar-refractivity contribution < 1.29 is 4.57 Å². The number of hydrogen-bond donors (Lipinski definition) is 0. The number of pyridine rings is 1. The van der Waals surface area contributed by atoms with Crippen LogP contribution in [0.4, 0.5) is 0 Å². The predicted molar refractivity (Wildman–Crippen MR) is 177 cm³/mol. The zero-order valence-corrected chi connectivity index (χ0v) is 27.2. The van der Waals surface area contributed by atoms with Crippen LogP contribution in [-0.4, -0.2) is 0 Å². The Kier molecular flexibility index (Phi) is 7.56. The fourth-order valence-corrected chi connectivity index (χ4v) is 7.90. The van der Waals surface area contributed by atoms with Gasteiger partial charge in [0.15, 0.2) is 11.7 Å². The molecule has 0 aliphatic carbocycles. The number of rotatable bonds is 6. The molecule has 0 bridgehead atoms. The highest BCUT2D eigenvalue weighted by molar-refractivity contribution is 5.82. The molecule has 0 fully saturated rings. The van der Waals surface area contributed by atoms with Crippen molar-refractivity contribution in [2.45, 2.75) is 111 Å². The zero-order chi connectivity index (χ0) is 29.7. The van der Waals surface area contributed by atoms with Crippen LogP contribution in [0, 0.1) is 20.8 Å². The molecule has 0 spiro atoms. The second-order valence-corrected chi connectivity index (χ2v) is 13.8. The van der Waals surface area contributed by atoms with Crippen molar-refractivity contribution in [1.29, 1.82) is 0 Å². The minimum absolute atomic E-state index is 0.0439. The summed E-state index contributed by atoms with van der Waals surface area (Å²) in [5.74, 6) is 0. The van der Waals surface area contributed by atoms with Gasteiger partial charge in [-0.2, -0.15) is 4.57 Å². The van der Waals surface area contributed by atoms with Crippen LogP contribution in [0.1, 0.15) is 102 Å². The highest BCUT2D eigenvalue weighted by Gasteiger charge is 2.59. The van der Waals surface area contributed by atoms with Gasteiger partial charge in [-0.05, 0) is 90.5 Å². The van der Waals surface area contributed by atoms with Gasteiger partial charge in [0.1, 0.15) is 0 Å². The lowest BCUT2D eigenvalue weighted by Crippen LogP contribution is -2.69. The smallest absolute Gasteiger partial charge is 0.192 e. The van der Waals surface area contributed by atoms with Crippen molar-refractivity contribution in [2.75, 3.05) is 0 Å². The van der Waals surface area contributed by atoms with E-state index in [9.17, 15) is 0 Å². The summed E-state index contributed by atoms with van der Waals surface area (Å²) in [6, 6.07) is 25.7. The van der Waals surface area contributed by atoms with Crippen LogP contribution in [0.3, 0.4) is 0 Å². The Morgan fingerprint density at radius 1 is 0.756 bits per heavy atom. The minimum Gasteiger partial charge on any atom is -0.192 e. The Bertz CT molecular complexity index is 1600. The molecule has 2 atom stereocenters. The summed E-state index contributed by atoms with van der Waals surface area (Å²) in [6.45, 7) is 23.5. The van der Waals surface area contributed by atoms with Gasteiger partial charge in [0.05, 0.1) is 11.0 Å². The van der Waals surface area contributed by atoms with Crippen molar-refractivity contribution in [1.82, 2.24) is 0 Å². The lowest BCUT2D eigenvalue weighted by molar-refractivity contribution is -0.770. The lowest BCUT2D eigenvalue weighted by Gasteiger charge is -2.48. The van der Waals surface area contributed by atoms with Crippen molar-refractivity contribution in [2.24, 2.45) is 0 Å². The second-order valence-electron chi connectivity index (χ2n) is 13.8. The van der Waals surface area contributed by atoms with Gasteiger partial charge in [-0.25, -0.2) is 0 Å². The summed E-state index contributed by atoms with van der Waals surface area (Å²) in [5, 5.41) is 0. The molecular formula is C40H50N+. The number of hydrogen-bond acceptors (Lipinski definition) is 0. The van der Waals surface area contributed by atoms with Gasteiger partial charge in [0.25, 0.3) is 0 Å². The third-order valence-electron chi connectivity index (χ3n) is 10.4. The van der Waals surface area contributed by atoms with Crippen LogP contribution in [0.15, 0.2) is 72.9 Å². The molecule has 0 saturated carbocycles. The minimum atomic E-state index is 0.0439. The Balaban J connectivity index is 1.77. The normalized spacial score (nSPS) is 20.0. The molecule has 1 aliphatic heterocycles. The van der Waals surface area contributed by atoms with Crippen LogP contribution in [0.5, 0.6) is 0 Å². The maximum absolute atomic E-state index is 2.69. The first-order chi connectivity index (χ1) is 19.4. The molecule has 41 heavy (non-hydrogen) atoms. The number of benzene rings is 3. The molecule has 4 aromatic rings. The first kappa shape index (κ1) is 29.3. The van der Waals surface area contributed by atoms with E-state index in [4.69, 9.17) is 0 Å². The number of fused-ring (bicyclic) bond motifs is 3. The fourth-order valence-electron chi connectivity index (χ4n) is 7.90. The molecule has 1 aliphatic rings. The maximum Gasteiger partial charge on any atom is 0.213 e. The molecule has 2 heterocycles. The topological polar surface area (TPSA) is 3.88 Å². The first-order valence-electron chi connectivity index (χ1n) is 15.8. The number of aromatic nitrogens is 1. The van der Waals surface area contributed by atoms with E-state index in [1.807, 2.05) is 0 Å². The SMILES string of the molecule is CCCC1(CC)[n+]2ccc(C(C)(C)C)cc2-c2c(ccc(-c3ccc(-c4cccc(C)c4)c(C)c3)c2C)C1(C)CC. The highest BCUT2D eigenvalue weighted by atomic mass is 15.1. The lowest BCUT2D eigenvalue weighted by atomic mass is 9.57. The van der Waals surface area contributed by atoms with Crippen molar-refractivity contribution >= 4 is 0 Å². The summed E-state index contributed by atoms with van der Waals surface area (Å²) in [7, 11) is 0. The molecular weight excluding hydrogens is 494 g/mol. The van der Waals surface area contributed by atoms with E-state index in [1.54, 1.807) is 0 Å². The average Bonchev–Trinajstić information content (AvgIpc) is 2.94. The Morgan fingerprint density at radius 2 is 1.46 bits per heavy atom. The van der Waals surface area contributed by atoms with E-state index < -0.39 is 0 Å². The summed E-state index contributed by atoms with van der Waals surface area (Å²) < 4.78 is 2.69. The standard InChI is InChI=1S/C40H50N/c1-11-22-40(13-3)39(10,12-2)35-20-19-34(29(6)37(35)36-26-32(38(7,8)9)21-23-41(36)40)31-17-18-33(28(5)25-31)30-16-14-15-27(4)24-30/h14-21,23-26H,11-13,22H2,1-10H3/q+1. The van der Waals surface area contributed by atoms with E-state index in [0.717, 1.165) is 12.8 Å². The molecule has 2 unspecified atom stereocenters. The van der Waals surface area contributed by atoms with E-state index in [-0.39, 0.29) is 16.4 Å². The third kappa shape index (κ3) is 4.57.